The van der Waals surface area contributed by atoms with E-state index in [1.807, 2.05) is 12.1 Å². The maximum Gasteiger partial charge on any atom is 0.136 e. The van der Waals surface area contributed by atoms with Crippen LogP contribution >= 0.6 is 0 Å². The Hall–Kier alpha value is -1.95. The zero-order valence-electron chi connectivity index (χ0n) is 16.5. The minimum absolute atomic E-state index is 0.0856. The van der Waals surface area contributed by atoms with Crippen LogP contribution in [-0.4, -0.2) is 44.4 Å². The van der Waals surface area contributed by atoms with Crippen LogP contribution in [0, 0.1) is 5.82 Å². The second-order valence-corrected chi connectivity index (χ2v) is 9.13. The maximum absolute atomic E-state index is 14.2. The summed E-state index contributed by atoms with van der Waals surface area (Å²) in [6.45, 7) is 4.73. The van der Waals surface area contributed by atoms with E-state index in [0.717, 1.165) is 55.5 Å². The predicted octanol–water partition coefficient (Wildman–Crippen LogP) is 2.82. The number of phenols is 1. The summed E-state index contributed by atoms with van der Waals surface area (Å²) < 4.78 is 15.0. The molecule has 1 saturated heterocycles. The standard InChI is InChI=1S/C23H28FN3O/c1-27(14-18-11-16-3-2-4-22(28)19(16)13-26-18)15-23(7-9-25-10-8-23)20-12-17(24)5-6-21(20)27/h2-6,12,18,25-26H,7-11,13-15H2,1H3/p+1. The molecule has 3 aliphatic rings. The van der Waals surface area contributed by atoms with Crippen molar-refractivity contribution in [1.82, 2.24) is 15.1 Å². The average molecular weight is 383 g/mol. The van der Waals surface area contributed by atoms with E-state index in [4.69, 9.17) is 0 Å². The molecule has 0 radical (unpaired) electrons. The third-order valence-electron chi connectivity index (χ3n) is 7.23. The fourth-order valence-electron chi connectivity index (χ4n) is 5.95. The van der Waals surface area contributed by atoms with E-state index in [-0.39, 0.29) is 11.2 Å². The van der Waals surface area contributed by atoms with Crippen molar-refractivity contribution in [3.63, 3.8) is 0 Å². The fraction of sp³-hybridized carbons (Fsp3) is 0.478. The smallest absolute Gasteiger partial charge is 0.136 e. The number of benzene rings is 2. The SMILES string of the molecule is C[N+]1(CC2Cc3cccc(O)c3CN2)CC2(CCNCC2)c2cc(F)ccc21. The van der Waals surface area contributed by atoms with Crippen molar-refractivity contribution in [3.05, 3.63) is 58.9 Å². The van der Waals surface area contributed by atoms with E-state index >= 15 is 0 Å². The number of nitrogens with zero attached hydrogens (tertiary/aromatic N) is 1. The van der Waals surface area contributed by atoms with Gasteiger partial charge < -0.3 is 15.7 Å². The summed E-state index contributed by atoms with van der Waals surface area (Å²) in [4.78, 5) is 0. The molecule has 0 aromatic heterocycles. The lowest BCUT2D eigenvalue weighted by atomic mass is 9.75. The van der Waals surface area contributed by atoms with Gasteiger partial charge in [0.1, 0.15) is 17.3 Å². The first-order chi connectivity index (χ1) is 13.5. The van der Waals surface area contributed by atoms with Gasteiger partial charge in [0, 0.05) is 23.7 Å². The van der Waals surface area contributed by atoms with Crippen molar-refractivity contribution in [2.75, 3.05) is 33.2 Å². The van der Waals surface area contributed by atoms with E-state index in [1.54, 1.807) is 18.2 Å². The van der Waals surface area contributed by atoms with Crippen LogP contribution in [0.4, 0.5) is 10.1 Å². The zero-order valence-corrected chi connectivity index (χ0v) is 16.5. The minimum Gasteiger partial charge on any atom is -0.508 e. The summed E-state index contributed by atoms with van der Waals surface area (Å²) in [6, 6.07) is 11.6. The molecule has 148 valence electrons. The van der Waals surface area contributed by atoms with Crippen LogP contribution in [0.25, 0.3) is 0 Å². The predicted molar refractivity (Wildman–Crippen MR) is 110 cm³/mol. The average Bonchev–Trinajstić information content (AvgIpc) is 2.90. The molecule has 4 nitrogen and oxygen atoms in total. The third kappa shape index (κ3) is 2.84. The number of rotatable bonds is 2. The molecule has 3 N–H and O–H groups in total. The third-order valence-corrected chi connectivity index (χ3v) is 7.23. The number of hydrogen-bond donors (Lipinski definition) is 3. The molecule has 5 heteroatoms. The van der Waals surface area contributed by atoms with Gasteiger partial charge in [-0.1, -0.05) is 12.1 Å². The molecule has 28 heavy (non-hydrogen) atoms. The number of nitrogens with one attached hydrogen (secondary N) is 2. The van der Waals surface area contributed by atoms with Crippen molar-refractivity contribution in [2.45, 2.75) is 37.3 Å². The number of piperidine rings is 1. The van der Waals surface area contributed by atoms with E-state index in [0.29, 0.717) is 18.3 Å². The van der Waals surface area contributed by atoms with Gasteiger partial charge in [-0.2, -0.15) is 0 Å². The highest BCUT2D eigenvalue weighted by Gasteiger charge is 2.52. The Labute approximate surface area is 166 Å². The van der Waals surface area contributed by atoms with Crippen LogP contribution in [0.2, 0.25) is 0 Å². The molecule has 2 aromatic rings. The van der Waals surface area contributed by atoms with Crippen LogP contribution in [0.15, 0.2) is 36.4 Å². The molecule has 2 aromatic carbocycles. The number of quaternary nitrogens is 1. The lowest BCUT2D eigenvalue weighted by molar-refractivity contribution is 0.219. The van der Waals surface area contributed by atoms with Crippen molar-refractivity contribution >= 4 is 5.69 Å². The van der Waals surface area contributed by atoms with Gasteiger partial charge in [-0.15, -0.1) is 0 Å². The molecule has 2 atom stereocenters. The lowest BCUT2D eigenvalue weighted by Gasteiger charge is -2.39. The van der Waals surface area contributed by atoms with Gasteiger partial charge in [0.2, 0.25) is 0 Å². The molecule has 3 heterocycles. The Balaban J connectivity index is 1.46. The van der Waals surface area contributed by atoms with E-state index < -0.39 is 0 Å². The summed E-state index contributed by atoms with van der Waals surface area (Å²) in [5, 5.41) is 17.2. The summed E-state index contributed by atoms with van der Waals surface area (Å²) in [6.07, 6.45) is 3.07. The highest BCUT2D eigenvalue weighted by molar-refractivity contribution is 5.60. The molecule has 0 saturated carbocycles. The van der Waals surface area contributed by atoms with Gasteiger partial charge in [0.25, 0.3) is 0 Å². The number of halogens is 1. The van der Waals surface area contributed by atoms with Crippen molar-refractivity contribution < 1.29 is 9.50 Å². The van der Waals surface area contributed by atoms with Crippen LogP contribution < -0.4 is 15.1 Å². The first-order valence-corrected chi connectivity index (χ1v) is 10.4. The number of likely N-dealkylation sites (N-methyl/N-ethyl adjacent to an activating group) is 1. The highest BCUT2D eigenvalue weighted by atomic mass is 19.1. The normalized spacial score (nSPS) is 28.1. The minimum atomic E-state index is -0.120. The Morgan fingerprint density at radius 3 is 2.86 bits per heavy atom. The molecule has 3 aliphatic heterocycles. The lowest BCUT2D eigenvalue weighted by Crippen LogP contribution is -2.57. The Kier molecular flexibility index (Phi) is 4.23. The van der Waals surface area contributed by atoms with Crippen molar-refractivity contribution in [2.24, 2.45) is 0 Å². The molecule has 1 spiro atoms. The van der Waals surface area contributed by atoms with Crippen molar-refractivity contribution in [3.8, 4) is 5.75 Å². The van der Waals surface area contributed by atoms with Gasteiger partial charge in [-0.3, -0.25) is 4.48 Å². The van der Waals surface area contributed by atoms with Crippen LogP contribution in [-0.2, 0) is 18.4 Å². The molecular formula is C23H29FN3O+. The molecule has 2 unspecified atom stereocenters. The molecule has 0 bridgehead atoms. The van der Waals surface area contributed by atoms with Crippen molar-refractivity contribution in [1.29, 1.82) is 0 Å². The summed E-state index contributed by atoms with van der Waals surface area (Å²) >= 11 is 0. The largest absolute Gasteiger partial charge is 0.508 e. The first kappa shape index (κ1) is 18.1. The molecule has 0 amide bonds. The van der Waals surface area contributed by atoms with Gasteiger partial charge >= 0.3 is 0 Å². The van der Waals surface area contributed by atoms with E-state index in [9.17, 15) is 9.50 Å². The molecular weight excluding hydrogens is 353 g/mol. The fourth-order valence-corrected chi connectivity index (χ4v) is 5.95. The van der Waals surface area contributed by atoms with E-state index in [2.05, 4.69) is 23.7 Å². The highest BCUT2D eigenvalue weighted by Crippen LogP contribution is 2.49. The topological polar surface area (TPSA) is 44.3 Å². The Bertz CT molecular complexity index is 909. The number of fused-ring (bicyclic) bond motifs is 3. The van der Waals surface area contributed by atoms with Crippen LogP contribution in [0.1, 0.15) is 29.5 Å². The number of phenolic OH excluding ortho intramolecular Hbond substituents is 1. The first-order valence-electron chi connectivity index (χ1n) is 10.4. The summed E-state index contributed by atoms with van der Waals surface area (Å²) in [5.74, 6) is 0.268. The van der Waals surface area contributed by atoms with Crippen LogP contribution in [0.5, 0.6) is 5.75 Å². The van der Waals surface area contributed by atoms with Gasteiger partial charge in [-0.05, 0) is 56.1 Å². The molecule has 1 fully saturated rings. The zero-order chi connectivity index (χ0) is 19.4. The Morgan fingerprint density at radius 1 is 1.21 bits per heavy atom. The van der Waals surface area contributed by atoms with E-state index in [1.165, 1.54) is 16.8 Å². The quantitative estimate of drug-likeness (QED) is 0.700. The number of aromatic hydroxyl groups is 1. The number of hydrogen-bond acceptors (Lipinski definition) is 3. The monoisotopic (exact) mass is 382 g/mol. The second kappa shape index (κ2) is 6.55. The summed E-state index contributed by atoms with van der Waals surface area (Å²) in [5.41, 5.74) is 4.87. The molecule has 0 aliphatic carbocycles. The summed E-state index contributed by atoms with van der Waals surface area (Å²) in [7, 11) is 2.31. The van der Waals surface area contributed by atoms with Gasteiger partial charge in [0.05, 0.1) is 31.6 Å². The van der Waals surface area contributed by atoms with Gasteiger partial charge in [-0.25, -0.2) is 4.39 Å². The maximum atomic E-state index is 14.2. The van der Waals surface area contributed by atoms with Crippen LogP contribution in [0.3, 0.4) is 0 Å². The van der Waals surface area contributed by atoms with Gasteiger partial charge in [0.15, 0.2) is 0 Å². The molecule has 5 rings (SSSR count). The Morgan fingerprint density at radius 2 is 2.04 bits per heavy atom. The second-order valence-electron chi connectivity index (χ2n) is 9.13.